The minimum absolute atomic E-state index is 0.142. The monoisotopic (exact) mass is 615 g/mol. The molecular weight excluding hydrogens is 584 g/mol. The van der Waals surface area contributed by atoms with Crippen molar-refractivity contribution in [1.29, 1.82) is 0 Å². The molecule has 0 aliphatic heterocycles. The maximum absolute atomic E-state index is 14.2. The van der Waals surface area contributed by atoms with Crippen LogP contribution in [0.3, 0.4) is 0 Å². The molecule has 3 N–H and O–H groups in total. The first-order valence-corrected chi connectivity index (χ1v) is 15.0. The van der Waals surface area contributed by atoms with Gasteiger partial charge in [0.05, 0.1) is 17.1 Å². The maximum Gasteiger partial charge on any atom is 0.251 e. The summed E-state index contributed by atoms with van der Waals surface area (Å²) in [5.74, 6) is 0.0429. The molecular formula is C35H32Cl2FN3O2. The van der Waals surface area contributed by atoms with E-state index in [1.807, 2.05) is 44.2 Å². The van der Waals surface area contributed by atoms with Crippen molar-refractivity contribution in [3.05, 3.63) is 117 Å². The SMILES string of the molecule is C=C(O)c1cc(C(=O)NC(c2ccc(Cl)cc2)C2CC2)ccc1-c1c(Cl)cccc1-c1nc2cc(F)c(C)cc2[nH]1.CC. The number of aliphatic hydroxyl groups is 1. The molecule has 8 heteroatoms. The second kappa shape index (κ2) is 12.6. The molecule has 1 aromatic heterocycles. The third-order valence-corrected chi connectivity index (χ3v) is 8.07. The van der Waals surface area contributed by atoms with Crippen LogP contribution in [0.2, 0.25) is 10.0 Å². The molecule has 1 aliphatic rings. The van der Waals surface area contributed by atoms with E-state index >= 15 is 0 Å². The van der Waals surface area contributed by atoms with Gasteiger partial charge in [-0.3, -0.25) is 4.79 Å². The van der Waals surface area contributed by atoms with Gasteiger partial charge in [-0.1, -0.05) is 74.0 Å². The molecule has 43 heavy (non-hydrogen) atoms. The van der Waals surface area contributed by atoms with Crippen LogP contribution in [0.5, 0.6) is 0 Å². The largest absolute Gasteiger partial charge is 0.508 e. The second-order valence-electron chi connectivity index (χ2n) is 10.4. The standard InChI is InChI=1S/C33H26Cl2FN3O2.C2H6/c1-17-14-28-29(16-27(17)36)38-32(37-28)24-4-3-5-26(35)30(24)23-13-10-21(15-25(23)18(2)40)33(41)39-31(19-6-7-19)20-8-11-22(34)12-9-20;1-2/h3-5,8-16,19,31,40H,2,6-7H2,1H3,(H,37,38)(H,39,41);1-2H3. The number of benzene rings is 4. The number of aromatic amines is 1. The van der Waals surface area contributed by atoms with E-state index in [0.29, 0.717) is 66.2 Å². The van der Waals surface area contributed by atoms with Gasteiger partial charge in [0.15, 0.2) is 0 Å². The van der Waals surface area contributed by atoms with Crippen molar-refractivity contribution in [2.45, 2.75) is 39.7 Å². The smallest absolute Gasteiger partial charge is 0.251 e. The maximum atomic E-state index is 14.2. The van der Waals surface area contributed by atoms with E-state index in [1.165, 1.54) is 6.07 Å². The first kappa shape index (κ1) is 30.3. The number of nitrogens with zero attached hydrogens (tertiary/aromatic N) is 1. The number of aryl methyl sites for hydroxylation is 1. The van der Waals surface area contributed by atoms with Crippen LogP contribution in [0.1, 0.15) is 59.8 Å². The lowest BCUT2D eigenvalue weighted by molar-refractivity contribution is 0.0931. The van der Waals surface area contributed by atoms with E-state index in [9.17, 15) is 14.3 Å². The van der Waals surface area contributed by atoms with Crippen LogP contribution < -0.4 is 5.32 Å². The van der Waals surface area contributed by atoms with Gasteiger partial charge in [-0.05, 0) is 78.8 Å². The Morgan fingerprint density at radius 2 is 1.77 bits per heavy atom. The molecule has 1 fully saturated rings. The molecule has 0 bridgehead atoms. The Morgan fingerprint density at radius 1 is 1.05 bits per heavy atom. The topological polar surface area (TPSA) is 78.0 Å². The number of carbonyl (C=O) groups excluding carboxylic acids is 1. The van der Waals surface area contributed by atoms with Gasteiger partial charge in [0, 0.05) is 38.4 Å². The number of aliphatic hydroxyl groups excluding tert-OH is 1. The first-order valence-electron chi connectivity index (χ1n) is 14.2. The Balaban J connectivity index is 0.00000180. The van der Waals surface area contributed by atoms with Crippen LogP contribution in [0, 0.1) is 18.7 Å². The summed E-state index contributed by atoms with van der Waals surface area (Å²) in [5, 5.41) is 14.9. The lowest BCUT2D eigenvalue weighted by atomic mass is 9.92. The second-order valence-corrected chi connectivity index (χ2v) is 11.3. The minimum atomic E-state index is -0.338. The Hall–Kier alpha value is -4.13. The summed E-state index contributed by atoms with van der Waals surface area (Å²) < 4.78 is 14.2. The van der Waals surface area contributed by atoms with Crippen LogP contribution in [-0.4, -0.2) is 21.0 Å². The first-order chi connectivity index (χ1) is 20.7. The molecule has 6 rings (SSSR count). The van der Waals surface area contributed by atoms with E-state index in [2.05, 4.69) is 21.9 Å². The van der Waals surface area contributed by atoms with E-state index in [-0.39, 0.29) is 23.5 Å². The molecule has 1 amide bonds. The Bertz CT molecular complexity index is 1790. The summed E-state index contributed by atoms with van der Waals surface area (Å²) in [6.45, 7) is 9.45. The molecule has 1 heterocycles. The number of amides is 1. The van der Waals surface area contributed by atoms with Gasteiger partial charge in [-0.25, -0.2) is 9.37 Å². The molecule has 5 nitrogen and oxygen atoms in total. The number of H-pyrrole nitrogens is 1. The lowest BCUT2D eigenvalue weighted by Gasteiger charge is -2.20. The fourth-order valence-electron chi connectivity index (χ4n) is 5.20. The van der Waals surface area contributed by atoms with Crippen molar-refractivity contribution in [3.63, 3.8) is 0 Å². The molecule has 5 aromatic rings. The quantitative estimate of drug-likeness (QED) is 0.159. The number of hydrogen-bond donors (Lipinski definition) is 3. The number of fused-ring (bicyclic) bond motifs is 1. The van der Waals surface area contributed by atoms with Gasteiger partial charge in [0.1, 0.15) is 17.4 Å². The zero-order valence-corrected chi connectivity index (χ0v) is 25.7. The summed E-state index contributed by atoms with van der Waals surface area (Å²) in [4.78, 5) is 21.3. The highest BCUT2D eigenvalue weighted by Gasteiger charge is 2.33. The van der Waals surface area contributed by atoms with Gasteiger partial charge in [-0.15, -0.1) is 0 Å². The van der Waals surface area contributed by atoms with Gasteiger partial charge in [0.25, 0.3) is 5.91 Å². The lowest BCUT2D eigenvalue weighted by Crippen LogP contribution is -2.30. The fraction of sp³-hybridized carbons (Fsp3) is 0.200. The van der Waals surface area contributed by atoms with Gasteiger partial charge in [-0.2, -0.15) is 0 Å². The number of carbonyl (C=O) groups is 1. The van der Waals surface area contributed by atoms with E-state index in [1.54, 1.807) is 43.3 Å². The van der Waals surface area contributed by atoms with E-state index in [4.69, 9.17) is 23.2 Å². The Labute approximate surface area is 260 Å². The van der Waals surface area contributed by atoms with Gasteiger partial charge >= 0.3 is 0 Å². The molecule has 1 aliphatic carbocycles. The number of hydrogen-bond acceptors (Lipinski definition) is 3. The van der Waals surface area contributed by atoms with E-state index < -0.39 is 0 Å². The summed E-state index contributed by atoms with van der Waals surface area (Å²) in [6.07, 6.45) is 2.07. The molecule has 1 unspecified atom stereocenters. The molecule has 1 atom stereocenters. The highest BCUT2D eigenvalue weighted by atomic mass is 35.5. The van der Waals surface area contributed by atoms with Crippen molar-refractivity contribution in [2.75, 3.05) is 0 Å². The summed E-state index contributed by atoms with van der Waals surface area (Å²) in [6, 6.07) is 20.9. The van der Waals surface area contributed by atoms with Crippen molar-refractivity contribution < 1.29 is 14.3 Å². The van der Waals surface area contributed by atoms with Crippen molar-refractivity contribution in [2.24, 2.45) is 5.92 Å². The average Bonchev–Trinajstić information content (AvgIpc) is 3.77. The van der Waals surface area contributed by atoms with Crippen LogP contribution >= 0.6 is 23.2 Å². The number of imidazole rings is 1. The molecule has 0 radical (unpaired) electrons. The Kier molecular flexibility index (Phi) is 8.90. The predicted octanol–water partition coefficient (Wildman–Crippen LogP) is 10.1. The van der Waals surface area contributed by atoms with Gasteiger partial charge < -0.3 is 15.4 Å². The number of halogens is 3. The minimum Gasteiger partial charge on any atom is -0.508 e. The zero-order chi connectivity index (χ0) is 30.8. The summed E-state index contributed by atoms with van der Waals surface area (Å²) in [7, 11) is 0. The van der Waals surface area contributed by atoms with Crippen molar-refractivity contribution in [1.82, 2.24) is 15.3 Å². The predicted molar refractivity (Wildman–Crippen MR) is 174 cm³/mol. The van der Waals surface area contributed by atoms with Crippen molar-refractivity contribution >= 4 is 45.9 Å². The van der Waals surface area contributed by atoms with Gasteiger partial charge in [0.2, 0.25) is 0 Å². The third kappa shape index (κ3) is 6.31. The number of aromatic nitrogens is 2. The van der Waals surface area contributed by atoms with Crippen LogP contribution in [0.4, 0.5) is 4.39 Å². The van der Waals surface area contributed by atoms with Crippen LogP contribution in [-0.2, 0) is 0 Å². The average molecular weight is 617 g/mol. The normalized spacial score (nSPS) is 13.3. The molecule has 1 saturated carbocycles. The zero-order valence-electron chi connectivity index (χ0n) is 24.1. The Morgan fingerprint density at radius 3 is 2.44 bits per heavy atom. The molecule has 4 aromatic carbocycles. The number of rotatable bonds is 7. The van der Waals surface area contributed by atoms with Crippen LogP contribution in [0.25, 0.3) is 39.3 Å². The number of nitrogens with one attached hydrogen (secondary N) is 2. The molecule has 220 valence electrons. The van der Waals surface area contributed by atoms with Crippen molar-refractivity contribution in [3.8, 4) is 22.5 Å². The highest BCUT2D eigenvalue weighted by Crippen LogP contribution is 2.42. The summed E-state index contributed by atoms with van der Waals surface area (Å²) >= 11 is 12.8. The summed E-state index contributed by atoms with van der Waals surface area (Å²) in [5.41, 5.74) is 5.24. The fourth-order valence-corrected chi connectivity index (χ4v) is 5.60. The van der Waals surface area contributed by atoms with E-state index in [0.717, 1.165) is 18.4 Å². The molecule has 0 saturated heterocycles. The highest BCUT2D eigenvalue weighted by molar-refractivity contribution is 6.34. The van der Waals surface area contributed by atoms with Crippen LogP contribution in [0.15, 0.2) is 79.4 Å². The third-order valence-electron chi connectivity index (χ3n) is 7.50. The molecule has 0 spiro atoms.